The van der Waals surface area contributed by atoms with Crippen LogP contribution in [0.15, 0.2) is 79.3 Å². The Balaban J connectivity index is 1.27. The molecule has 1 aliphatic rings. The largest absolute Gasteiger partial charge is 0.489 e. The quantitative estimate of drug-likeness (QED) is 0.416. The van der Waals surface area contributed by atoms with Crippen LogP contribution in [0.3, 0.4) is 0 Å². The first-order chi connectivity index (χ1) is 16.7. The predicted molar refractivity (Wildman–Crippen MR) is 131 cm³/mol. The van der Waals surface area contributed by atoms with Gasteiger partial charge in [-0.25, -0.2) is 0 Å². The second kappa shape index (κ2) is 10.1. The number of H-pyrrole nitrogens is 1. The van der Waals surface area contributed by atoms with E-state index in [1.165, 1.54) is 5.56 Å². The van der Waals surface area contributed by atoms with Crippen LogP contribution in [0, 0.1) is 0 Å². The fourth-order valence-corrected chi connectivity index (χ4v) is 4.60. The van der Waals surface area contributed by atoms with Crippen LogP contribution < -0.4 is 4.74 Å². The molecule has 0 amide bonds. The molecule has 0 spiro atoms. The van der Waals surface area contributed by atoms with E-state index in [2.05, 4.69) is 19.8 Å². The molecule has 2 aromatic heterocycles. The van der Waals surface area contributed by atoms with Crippen LogP contribution in [0.25, 0.3) is 10.9 Å². The first-order valence-electron chi connectivity index (χ1n) is 11.5. The number of benzene rings is 2. The fourth-order valence-electron chi connectivity index (χ4n) is 4.60. The summed E-state index contributed by atoms with van der Waals surface area (Å²) in [5.41, 5.74) is 3.99. The zero-order valence-corrected chi connectivity index (χ0v) is 18.9. The van der Waals surface area contributed by atoms with E-state index in [9.17, 15) is 9.90 Å². The van der Waals surface area contributed by atoms with E-state index in [4.69, 9.17) is 4.74 Å². The van der Waals surface area contributed by atoms with Crippen LogP contribution in [-0.4, -0.2) is 57.0 Å². The second-order valence-corrected chi connectivity index (χ2v) is 8.63. The molecule has 2 aromatic carbocycles. The van der Waals surface area contributed by atoms with E-state index in [0.29, 0.717) is 19.7 Å². The average Bonchev–Trinajstić information content (AvgIpc) is 3.28. The molecule has 1 saturated heterocycles. The van der Waals surface area contributed by atoms with Gasteiger partial charge in [0.1, 0.15) is 18.4 Å². The molecule has 0 bridgehead atoms. The third kappa shape index (κ3) is 4.95. The van der Waals surface area contributed by atoms with Crippen LogP contribution >= 0.6 is 0 Å². The van der Waals surface area contributed by atoms with Gasteiger partial charge in [0.15, 0.2) is 0 Å². The zero-order chi connectivity index (χ0) is 23.3. The standard InChI is InChI=1S/C27H28N4O3/c32-27(33)26(31-14-12-30(13-15-31)18-20-8-10-28-11-9-20)24-17-29-25-16-22(6-7-23(24)25)34-19-21-4-2-1-3-5-21/h1-11,16-17,26,29H,12-15,18-19H2,(H,32,33)/t26-/m1/s1. The molecule has 1 atom stereocenters. The van der Waals surface area contributed by atoms with Gasteiger partial charge in [-0.1, -0.05) is 30.3 Å². The summed E-state index contributed by atoms with van der Waals surface area (Å²) >= 11 is 0. The highest BCUT2D eigenvalue weighted by atomic mass is 16.5. The van der Waals surface area contributed by atoms with Crippen LogP contribution in [0.1, 0.15) is 22.7 Å². The minimum absolute atomic E-state index is 0.488. The molecular weight excluding hydrogens is 428 g/mol. The van der Waals surface area contributed by atoms with E-state index in [1.54, 1.807) is 12.4 Å². The number of aromatic nitrogens is 2. The Morgan fingerprint density at radius 1 is 1.00 bits per heavy atom. The maximum Gasteiger partial charge on any atom is 0.325 e. The van der Waals surface area contributed by atoms with Crippen molar-refractivity contribution in [1.29, 1.82) is 0 Å². The van der Waals surface area contributed by atoms with E-state index in [1.807, 2.05) is 66.9 Å². The number of carboxylic acid groups (broad SMARTS) is 1. The van der Waals surface area contributed by atoms with Crippen molar-refractivity contribution in [2.75, 3.05) is 26.2 Å². The molecule has 34 heavy (non-hydrogen) atoms. The van der Waals surface area contributed by atoms with Crippen molar-refractivity contribution in [3.8, 4) is 5.75 Å². The normalized spacial score (nSPS) is 15.9. The Morgan fingerprint density at radius 2 is 1.76 bits per heavy atom. The van der Waals surface area contributed by atoms with E-state index in [0.717, 1.165) is 47.4 Å². The highest BCUT2D eigenvalue weighted by Crippen LogP contribution is 2.32. The number of nitrogens with one attached hydrogen (secondary N) is 1. The van der Waals surface area contributed by atoms with Crippen molar-refractivity contribution in [1.82, 2.24) is 19.8 Å². The van der Waals surface area contributed by atoms with Crippen molar-refractivity contribution >= 4 is 16.9 Å². The summed E-state index contributed by atoms with van der Waals surface area (Å²) in [6, 6.07) is 19.2. The molecule has 1 aliphatic heterocycles. The van der Waals surface area contributed by atoms with Gasteiger partial charge in [-0.15, -0.1) is 0 Å². The third-order valence-corrected chi connectivity index (χ3v) is 6.39. The van der Waals surface area contributed by atoms with Gasteiger partial charge >= 0.3 is 5.97 Å². The lowest BCUT2D eigenvalue weighted by Gasteiger charge is -2.37. The molecule has 3 heterocycles. The number of nitrogens with zero attached hydrogens (tertiary/aromatic N) is 3. The number of carbonyl (C=O) groups is 1. The molecule has 174 valence electrons. The molecule has 0 saturated carbocycles. The predicted octanol–water partition coefficient (Wildman–Crippen LogP) is 4.09. The van der Waals surface area contributed by atoms with Crippen molar-refractivity contribution in [2.24, 2.45) is 0 Å². The lowest BCUT2D eigenvalue weighted by atomic mass is 10.0. The fraction of sp³-hybridized carbons (Fsp3) is 0.259. The van der Waals surface area contributed by atoms with Gasteiger partial charge in [0.25, 0.3) is 0 Å². The third-order valence-electron chi connectivity index (χ3n) is 6.39. The summed E-state index contributed by atoms with van der Waals surface area (Å²) in [4.78, 5) is 24.1. The van der Waals surface area contributed by atoms with Crippen LogP contribution in [0.5, 0.6) is 5.75 Å². The van der Waals surface area contributed by atoms with E-state index < -0.39 is 12.0 Å². The number of carboxylic acids is 1. The molecule has 1 fully saturated rings. The van der Waals surface area contributed by atoms with Gasteiger partial charge in [-0.2, -0.15) is 0 Å². The Kier molecular flexibility index (Phi) is 6.56. The van der Waals surface area contributed by atoms with Gasteiger partial charge in [0.05, 0.1) is 0 Å². The topological polar surface area (TPSA) is 81.7 Å². The summed E-state index contributed by atoms with van der Waals surface area (Å²) in [5, 5.41) is 11.0. The SMILES string of the molecule is O=C(O)[C@@H](c1c[nH]c2cc(OCc3ccccc3)ccc12)N1CCN(Cc2ccncc2)CC1. The van der Waals surface area contributed by atoms with Gasteiger partial charge in [-0.3, -0.25) is 19.6 Å². The number of aliphatic carboxylic acids is 1. The number of piperazine rings is 1. The molecule has 0 unspecified atom stereocenters. The number of ether oxygens (including phenoxy) is 1. The smallest absolute Gasteiger partial charge is 0.325 e. The number of hydrogen-bond donors (Lipinski definition) is 2. The van der Waals surface area contributed by atoms with Crippen molar-refractivity contribution in [3.05, 3.63) is 95.9 Å². The maximum atomic E-state index is 12.3. The van der Waals surface area contributed by atoms with Crippen molar-refractivity contribution in [3.63, 3.8) is 0 Å². The number of fused-ring (bicyclic) bond motifs is 1. The highest BCUT2D eigenvalue weighted by Gasteiger charge is 2.32. The molecule has 7 heteroatoms. The molecule has 5 rings (SSSR count). The van der Waals surface area contributed by atoms with Crippen LogP contribution in [0.4, 0.5) is 0 Å². The maximum absolute atomic E-state index is 12.3. The minimum atomic E-state index is -0.826. The lowest BCUT2D eigenvalue weighted by molar-refractivity contribution is -0.144. The average molecular weight is 457 g/mol. The summed E-state index contributed by atoms with van der Waals surface area (Å²) in [6.07, 6.45) is 5.44. The first-order valence-corrected chi connectivity index (χ1v) is 11.5. The Labute approximate surface area is 198 Å². The molecule has 2 N–H and O–H groups in total. The van der Waals surface area contributed by atoms with Gasteiger partial charge in [0, 0.05) is 73.8 Å². The number of rotatable bonds is 8. The van der Waals surface area contributed by atoms with Gasteiger partial charge in [-0.05, 0) is 35.4 Å². The summed E-state index contributed by atoms with van der Waals surface area (Å²) in [5.74, 6) is -0.0748. The van der Waals surface area contributed by atoms with Crippen LogP contribution in [-0.2, 0) is 17.9 Å². The Hall–Kier alpha value is -3.68. The summed E-state index contributed by atoms with van der Waals surface area (Å²) in [7, 11) is 0. The van der Waals surface area contributed by atoms with E-state index >= 15 is 0 Å². The van der Waals surface area contributed by atoms with E-state index in [-0.39, 0.29) is 0 Å². The Bertz CT molecular complexity index is 1230. The molecular formula is C27H28N4O3. The number of aromatic amines is 1. The van der Waals surface area contributed by atoms with Crippen molar-refractivity contribution in [2.45, 2.75) is 19.2 Å². The van der Waals surface area contributed by atoms with Crippen molar-refractivity contribution < 1.29 is 14.6 Å². The van der Waals surface area contributed by atoms with Gasteiger partial charge in [0.2, 0.25) is 0 Å². The second-order valence-electron chi connectivity index (χ2n) is 8.63. The highest BCUT2D eigenvalue weighted by molar-refractivity contribution is 5.90. The molecule has 0 aliphatic carbocycles. The minimum Gasteiger partial charge on any atom is -0.489 e. The number of pyridine rings is 1. The summed E-state index contributed by atoms with van der Waals surface area (Å²) < 4.78 is 5.94. The Morgan fingerprint density at radius 3 is 2.50 bits per heavy atom. The molecule has 7 nitrogen and oxygen atoms in total. The first kappa shape index (κ1) is 22.1. The van der Waals surface area contributed by atoms with Crippen LogP contribution in [0.2, 0.25) is 0 Å². The lowest BCUT2D eigenvalue weighted by Crippen LogP contribution is -2.48. The van der Waals surface area contributed by atoms with Gasteiger partial charge < -0.3 is 14.8 Å². The monoisotopic (exact) mass is 456 g/mol. The number of hydrogen-bond acceptors (Lipinski definition) is 5. The molecule has 4 aromatic rings. The molecule has 0 radical (unpaired) electrons. The summed E-state index contributed by atoms with van der Waals surface area (Å²) in [6.45, 7) is 4.40. The zero-order valence-electron chi connectivity index (χ0n) is 18.9.